The number of rotatable bonds is 9. The summed E-state index contributed by atoms with van der Waals surface area (Å²) in [6.45, 7) is 1.02. The molecule has 2 atom stereocenters. The van der Waals surface area contributed by atoms with Crippen LogP contribution in [0.25, 0.3) is 0 Å². The topological polar surface area (TPSA) is 130 Å². The summed E-state index contributed by atoms with van der Waals surface area (Å²) in [5.41, 5.74) is 7.04. The molecule has 8 nitrogen and oxygen atoms in total. The summed E-state index contributed by atoms with van der Waals surface area (Å²) >= 11 is 0. The second-order valence-electron chi connectivity index (χ2n) is 6.05. The molecule has 0 saturated carbocycles. The van der Waals surface area contributed by atoms with Crippen LogP contribution in [0.4, 0.5) is 0 Å². The highest BCUT2D eigenvalue weighted by Gasteiger charge is 2.29. The van der Waals surface area contributed by atoms with Gasteiger partial charge in [0.05, 0.1) is 10.9 Å². The largest absolute Gasteiger partial charge is 0.321 e. The molecular formula is C18H20N2O6S. The zero-order valence-corrected chi connectivity index (χ0v) is 15.5. The molecule has 0 aromatic heterocycles. The molecule has 2 N–H and O–H groups in total. The first-order valence-corrected chi connectivity index (χ1v) is 9.54. The van der Waals surface area contributed by atoms with Crippen LogP contribution in [0.5, 0.6) is 0 Å². The smallest absolute Gasteiger partial charge is 0.297 e. The maximum absolute atomic E-state index is 12.1. The fourth-order valence-electron chi connectivity index (χ4n) is 2.41. The second kappa shape index (κ2) is 8.85. The van der Waals surface area contributed by atoms with Crippen molar-refractivity contribution < 1.29 is 22.3 Å². The maximum atomic E-state index is 12.1. The molecule has 2 aromatic carbocycles. The normalized spacial score (nSPS) is 13.7. The highest BCUT2D eigenvalue weighted by Crippen LogP contribution is 2.22. The molecule has 0 aliphatic heterocycles. The van der Waals surface area contributed by atoms with E-state index in [9.17, 15) is 23.3 Å². The van der Waals surface area contributed by atoms with Crippen LogP contribution in [0, 0.1) is 17.0 Å². The lowest BCUT2D eigenvalue weighted by Gasteiger charge is -2.15. The van der Waals surface area contributed by atoms with Gasteiger partial charge < -0.3 is 5.73 Å². The molecule has 2 rings (SSSR count). The van der Waals surface area contributed by atoms with Crippen LogP contribution < -0.4 is 5.73 Å². The molecule has 0 bridgehead atoms. The predicted molar refractivity (Wildman–Crippen MR) is 98.1 cm³/mol. The fourth-order valence-corrected chi connectivity index (χ4v) is 3.28. The average Bonchev–Trinajstić information content (AvgIpc) is 2.64. The third-order valence-electron chi connectivity index (χ3n) is 4.00. The number of aryl methyl sites for hydroxylation is 1. The molecule has 9 heteroatoms. The highest BCUT2D eigenvalue weighted by atomic mass is 32.2. The van der Waals surface area contributed by atoms with Crippen LogP contribution in [0.3, 0.4) is 0 Å². The van der Waals surface area contributed by atoms with E-state index in [1.54, 1.807) is 49.4 Å². The molecule has 0 aliphatic rings. The van der Waals surface area contributed by atoms with E-state index in [1.165, 1.54) is 12.1 Å². The van der Waals surface area contributed by atoms with Crippen molar-refractivity contribution in [1.29, 1.82) is 0 Å². The summed E-state index contributed by atoms with van der Waals surface area (Å²) in [5, 5.41) is 11.3. The zero-order chi connectivity index (χ0) is 20.0. The molecule has 0 spiro atoms. The number of ketones is 1. The van der Waals surface area contributed by atoms with Gasteiger partial charge in [0.1, 0.15) is 6.61 Å². The number of nitro groups is 1. The Bertz CT molecular complexity index is 897. The van der Waals surface area contributed by atoms with Gasteiger partial charge in [0, 0.05) is 16.9 Å². The van der Waals surface area contributed by atoms with Crippen LogP contribution in [-0.2, 0) is 19.1 Å². The molecule has 144 valence electrons. The number of Topliss-reactive ketones (excluding diaryl/α,β-unsaturated/α-hetero) is 1. The summed E-state index contributed by atoms with van der Waals surface area (Å²) in [5.74, 6) is -0.728. The number of nitrogens with zero attached hydrogens (tertiary/aromatic N) is 1. The predicted octanol–water partition coefficient (Wildman–Crippen LogP) is 2.00. The minimum absolute atomic E-state index is 0.0816. The molecule has 2 aromatic rings. The number of carbonyl (C=O) groups excluding carboxylic acids is 1. The number of nitrogens with two attached hydrogens (primary N) is 1. The van der Waals surface area contributed by atoms with E-state index < -0.39 is 39.5 Å². The minimum Gasteiger partial charge on any atom is -0.321 e. The Morgan fingerprint density at radius 1 is 1.15 bits per heavy atom. The van der Waals surface area contributed by atoms with Gasteiger partial charge in [-0.25, -0.2) is 0 Å². The first kappa shape index (κ1) is 20.7. The third-order valence-corrected chi connectivity index (χ3v) is 5.27. The van der Waals surface area contributed by atoms with Gasteiger partial charge in [-0.3, -0.25) is 19.1 Å². The Morgan fingerprint density at radius 3 is 2.30 bits per heavy atom. The van der Waals surface area contributed by atoms with Gasteiger partial charge in [0.2, 0.25) is 6.04 Å². The van der Waals surface area contributed by atoms with Crippen LogP contribution in [0.15, 0.2) is 59.5 Å². The van der Waals surface area contributed by atoms with Crippen molar-refractivity contribution >= 4 is 15.9 Å². The van der Waals surface area contributed by atoms with Gasteiger partial charge in [0.25, 0.3) is 10.1 Å². The van der Waals surface area contributed by atoms with E-state index in [0.717, 1.165) is 5.56 Å². The van der Waals surface area contributed by atoms with Crippen LogP contribution in [0.2, 0.25) is 0 Å². The lowest BCUT2D eigenvalue weighted by atomic mass is 9.98. The van der Waals surface area contributed by atoms with Crippen LogP contribution in [-0.4, -0.2) is 31.8 Å². The molecule has 0 aliphatic carbocycles. The number of hydrogen-bond acceptors (Lipinski definition) is 7. The number of benzene rings is 2. The Balaban J connectivity index is 2.00. The van der Waals surface area contributed by atoms with Gasteiger partial charge in [-0.05, 0) is 19.1 Å². The Kier molecular flexibility index (Phi) is 6.78. The van der Waals surface area contributed by atoms with E-state index in [0.29, 0.717) is 5.56 Å². The van der Waals surface area contributed by atoms with Crippen molar-refractivity contribution in [2.24, 2.45) is 5.73 Å². The van der Waals surface area contributed by atoms with Gasteiger partial charge >= 0.3 is 0 Å². The second-order valence-corrected chi connectivity index (χ2v) is 7.67. The fraction of sp³-hybridized carbons (Fsp3) is 0.278. The minimum atomic E-state index is -4.11. The summed E-state index contributed by atoms with van der Waals surface area (Å²) < 4.78 is 29.0. The first-order chi connectivity index (χ1) is 12.7. The van der Waals surface area contributed by atoms with E-state index in [4.69, 9.17) is 9.92 Å². The van der Waals surface area contributed by atoms with E-state index >= 15 is 0 Å². The summed E-state index contributed by atoms with van der Waals surface area (Å²) in [7, 11) is -4.11. The summed E-state index contributed by atoms with van der Waals surface area (Å²) in [6.07, 6.45) is -0.260. The molecule has 27 heavy (non-hydrogen) atoms. The highest BCUT2D eigenvalue weighted by molar-refractivity contribution is 7.86. The van der Waals surface area contributed by atoms with Crippen LogP contribution in [0.1, 0.15) is 23.6 Å². The summed E-state index contributed by atoms with van der Waals surface area (Å²) in [6, 6.07) is 11.7. The Labute approximate surface area is 157 Å². The van der Waals surface area contributed by atoms with Gasteiger partial charge in [-0.2, -0.15) is 8.42 Å². The molecule has 0 saturated heterocycles. The van der Waals surface area contributed by atoms with E-state index in [1.807, 2.05) is 0 Å². The molecule has 0 amide bonds. The summed E-state index contributed by atoms with van der Waals surface area (Å²) in [4.78, 5) is 22.8. The zero-order valence-electron chi connectivity index (χ0n) is 14.6. The number of carbonyl (C=O) groups is 1. The van der Waals surface area contributed by atoms with Crippen LogP contribution >= 0.6 is 0 Å². The van der Waals surface area contributed by atoms with Crippen molar-refractivity contribution in [3.05, 3.63) is 75.8 Å². The maximum Gasteiger partial charge on any atom is 0.297 e. The van der Waals surface area contributed by atoms with Crippen molar-refractivity contribution in [1.82, 2.24) is 0 Å². The molecular weight excluding hydrogens is 372 g/mol. The van der Waals surface area contributed by atoms with E-state index in [-0.39, 0.29) is 11.3 Å². The van der Waals surface area contributed by atoms with E-state index in [2.05, 4.69) is 0 Å². The van der Waals surface area contributed by atoms with Gasteiger partial charge in [-0.15, -0.1) is 0 Å². The van der Waals surface area contributed by atoms with Crippen molar-refractivity contribution in [2.75, 3.05) is 6.61 Å². The quantitative estimate of drug-likeness (QED) is 0.392. The lowest BCUT2D eigenvalue weighted by molar-refractivity contribution is -0.530. The number of hydrogen-bond donors (Lipinski definition) is 1. The van der Waals surface area contributed by atoms with Crippen molar-refractivity contribution in [2.45, 2.75) is 30.3 Å². The average molecular weight is 392 g/mol. The van der Waals surface area contributed by atoms with Gasteiger partial charge in [-0.1, -0.05) is 48.0 Å². The lowest BCUT2D eigenvalue weighted by Crippen LogP contribution is -2.36. The standard InChI is InChI=1S/C18H20N2O6S/c1-13-7-9-15(10-8-13)27(24,25)26-12-18(21)16(19)11-17(20(22)23)14-5-3-2-4-6-14/h2-10,16-17H,11-12,19H2,1H3. The Hall–Kier alpha value is -2.62. The molecule has 2 unspecified atom stereocenters. The molecule has 0 heterocycles. The monoisotopic (exact) mass is 392 g/mol. The van der Waals surface area contributed by atoms with Crippen molar-refractivity contribution in [3.63, 3.8) is 0 Å². The first-order valence-electron chi connectivity index (χ1n) is 8.13. The third kappa shape index (κ3) is 5.68. The Morgan fingerprint density at radius 2 is 1.74 bits per heavy atom. The van der Waals surface area contributed by atoms with Crippen molar-refractivity contribution in [3.8, 4) is 0 Å². The van der Waals surface area contributed by atoms with Gasteiger partial charge in [0.15, 0.2) is 5.78 Å². The SMILES string of the molecule is Cc1ccc(S(=O)(=O)OCC(=O)C(N)CC(c2ccccc2)[N+](=O)[O-])cc1. The molecule has 0 radical (unpaired) electrons. The molecule has 0 fully saturated rings.